The largest absolute Gasteiger partial charge is 0.300 e. The van der Waals surface area contributed by atoms with Gasteiger partial charge in [-0.25, -0.2) is 0 Å². The Labute approximate surface area is 137 Å². The van der Waals surface area contributed by atoms with Gasteiger partial charge in [0.15, 0.2) is 0 Å². The molecule has 0 unspecified atom stereocenters. The molecule has 0 N–H and O–H groups in total. The second-order valence-corrected chi connectivity index (χ2v) is 8.48. The first-order valence-electron chi connectivity index (χ1n) is 9.33. The predicted molar refractivity (Wildman–Crippen MR) is 87.0 cm³/mol. The van der Waals surface area contributed by atoms with Crippen molar-refractivity contribution in [2.24, 2.45) is 17.8 Å². The Kier molecular flexibility index (Phi) is 3.12. The lowest BCUT2D eigenvalue weighted by molar-refractivity contribution is -0.136. The summed E-state index contributed by atoms with van der Waals surface area (Å²) in [7, 11) is 2.26. The first-order valence-corrected chi connectivity index (χ1v) is 9.33. The number of fused-ring (bicyclic) bond motifs is 3. The third kappa shape index (κ3) is 2.04. The van der Waals surface area contributed by atoms with Gasteiger partial charge in [-0.15, -0.1) is 0 Å². The van der Waals surface area contributed by atoms with Crippen LogP contribution in [-0.2, 0) is 9.59 Å². The molecular formula is C19H26N2O2. The normalized spacial score (nSPS) is 46.9. The van der Waals surface area contributed by atoms with E-state index in [2.05, 4.69) is 22.9 Å². The van der Waals surface area contributed by atoms with Crippen LogP contribution >= 0.6 is 0 Å². The third-order valence-corrected chi connectivity index (χ3v) is 7.32. The first-order chi connectivity index (χ1) is 11.1. The van der Waals surface area contributed by atoms with Gasteiger partial charge in [0, 0.05) is 55.9 Å². The zero-order valence-corrected chi connectivity index (χ0v) is 13.9. The Morgan fingerprint density at radius 2 is 1.91 bits per heavy atom. The second-order valence-electron chi connectivity index (χ2n) is 8.48. The molecule has 5 rings (SSSR count). The van der Waals surface area contributed by atoms with Crippen molar-refractivity contribution in [2.45, 2.75) is 56.7 Å². The Morgan fingerprint density at radius 1 is 1.04 bits per heavy atom. The van der Waals surface area contributed by atoms with Crippen LogP contribution in [0.4, 0.5) is 0 Å². The van der Waals surface area contributed by atoms with Crippen LogP contribution in [0, 0.1) is 17.8 Å². The zero-order chi connectivity index (χ0) is 15.7. The molecule has 5 aliphatic rings. The molecule has 2 aliphatic carbocycles. The molecule has 1 saturated carbocycles. The molecule has 4 nitrogen and oxygen atoms in total. The third-order valence-electron chi connectivity index (χ3n) is 7.32. The van der Waals surface area contributed by atoms with Crippen molar-refractivity contribution in [3.05, 3.63) is 11.6 Å². The molecule has 124 valence electrons. The lowest BCUT2D eigenvalue weighted by atomic mass is 9.67. The van der Waals surface area contributed by atoms with Crippen molar-refractivity contribution < 1.29 is 9.59 Å². The van der Waals surface area contributed by atoms with E-state index in [0.29, 0.717) is 48.5 Å². The van der Waals surface area contributed by atoms with E-state index in [1.165, 1.54) is 12.0 Å². The predicted octanol–water partition coefficient (Wildman–Crippen LogP) is 1.65. The standard InChI is InChI=1S/C19H26N2O2/c1-20-9-14-8-12-3-5-17(23)18-15-7-11(2-4-16(15)22)6-13(20)10-21(14)19(12)18/h7,12-15,18-19H,2-6,8-10H2,1H3/t12-,13+,14+,15-,18+,19+/m1/s1. The van der Waals surface area contributed by atoms with E-state index < -0.39 is 0 Å². The van der Waals surface area contributed by atoms with E-state index in [1.807, 2.05) is 0 Å². The number of Topliss-reactive ketones (excluding diaryl/α,β-unsaturated/α-hetero) is 2. The molecule has 3 aliphatic heterocycles. The minimum Gasteiger partial charge on any atom is -0.300 e. The van der Waals surface area contributed by atoms with Gasteiger partial charge in [0.1, 0.15) is 11.6 Å². The fraction of sp³-hybridized carbons (Fsp3) is 0.789. The van der Waals surface area contributed by atoms with Gasteiger partial charge in [-0.3, -0.25) is 14.5 Å². The summed E-state index contributed by atoms with van der Waals surface area (Å²) in [5, 5.41) is 0. The summed E-state index contributed by atoms with van der Waals surface area (Å²) < 4.78 is 0. The number of ketones is 2. The van der Waals surface area contributed by atoms with Gasteiger partial charge < -0.3 is 4.90 Å². The van der Waals surface area contributed by atoms with Crippen molar-refractivity contribution in [1.82, 2.24) is 9.80 Å². The number of carbonyl (C=O) groups is 2. The van der Waals surface area contributed by atoms with E-state index in [0.717, 1.165) is 32.4 Å². The summed E-state index contributed by atoms with van der Waals surface area (Å²) in [5.74, 6) is 1.13. The number of hydrogen-bond acceptors (Lipinski definition) is 4. The summed E-state index contributed by atoms with van der Waals surface area (Å²) in [6, 6.07) is 1.48. The quantitative estimate of drug-likeness (QED) is 0.638. The van der Waals surface area contributed by atoms with Gasteiger partial charge >= 0.3 is 0 Å². The molecular weight excluding hydrogens is 288 g/mol. The Hall–Kier alpha value is -1.00. The maximum absolute atomic E-state index is 12.8. The van der Waals surface area contributed by atoms with Gasteiger partial charge in [0.05, 0.1) is 0 Å². The summed E-state index contributed by atoms with van der Waals surface area (Å²) in [6.07, 6.45) is 7.83. The maximum Gasteiger partial charge on any atom is 0.140 e. The SMILES string of the molecule is CN1C[C@@H]2C[C@H]3CCC(=O)[C@H]4[C@H]3N2C[C@@H]1CC1=C[C@@H]4C(=O)CC1. The number of rotatable bonds is 0. The minimum absolute atomic E-state index is 0.0521. The molecule has 0 spiro atoms. The maximum atomic E-state index is 12.8. The second kappa shape index (κ2) is 5.00. The minimum atomic E-state index is -0.123. The fourth-order valence-corrected chi connectivity index (χ4v) is 6.22. The summed E-state index contributed by atoms with van der Waals surface area (Å²) in [5.41, 5.74) is 1.43. The molecule has 4 bridgehead atoms. The molecule has 0 amide bonds. The highest BCUT2D eigenvalue weighted by atomic mass is 16.1. The van der Waals surface area contributed by atoms with Gasteiger partial charge in [-0.05, 0) is 38.6 Å². The van der Waals surface area contributed by atoms with Gasteiger partial charge in [-0.1, -0.05) is 11.6 Å². The van der Waals surface area contributed by atoms with Crippen molar-refractivity contribution in [3.63, 3.8) is 0 Å². The van der Waals surface area contributed by atoms with E-state index >= 15 is 0 Å². The average molecular weight is 314 g/mol. The molecule has 0 aromatic carbocycles. The number of likely N-dealkylation sites (N-methyl/N-ethyl adjacent to an activating group) is 1. The highest BCUT2D eigenvalue weighted by molar-refractivity contribution is 5.93. The number of hydrogen-bond donors (Lipinski definition) is 0. The van der Waals surface area contributed by atoms with Crippen molar-refractivity contribution in [3.8, 4) is 0 Å². The Bertz CT molecular complexity index is 598. The summed E-state index contributed by atoms with van der Waals surface area (Å²) >= 11 is 0. The lowest BCUT2D eigenvalue weighted by Crippen LogP contribution is -2.59. The van der Waals surface area contributed by atoms with Gasteiger partial charge in [0.2, 0.25) is 0 Å². The average Bonchev–Trinajstić information content (AvgIpc) is 2.88. The van der Waals surface area contributed by atoms with E-state index in [4.69, 9.17) is 0 Å². The van der Waals surface area contributed by atoms with E-state index in [1.54, 1.807) is 0 Å². The molecule has 0 radical (unpaired) electrons. The number of nitrogens with zero attached hydrogens (tertiary/aromatic N) is 2. The molecule has 0 aromatic rings. The molecule has 4 heteroatoms. The highest BCUT2D eigenvalue weighted by Crippen LogP contribution is 2.48. The van der Waals surface area contributed by atoms with Crippen LogP contribution in [0.25, 0.3) is 0 Å². The van der Waals surface area contributed by atoms with E-state index in [9.17, 15) is 9.59 Å². The lowest BCUT2D eigenvalue weighted by Gasteiger charge is -2.46. The molecule has 0 aromatic heterocycles. The van der Waals surface area contributed by atoms with Crippen LogP contribution in [0.3, 0.4) is 0 Å². The van der Waals surface area contributed by atoms with Crippen LogP contribution in [-0.4, -0.2) is 59.6 Å². The van der Waals surface area contributed by atoms with Crippen LogP contribution < -0.4 is 0 Å². The first kappa shape index (κ1) is 14.4. The van der Waals surface area contributed by atoms with Crippen LogP contribution in [0.1, 0.15) is 38.5 Å². The topological polar surface area (TPSA) is 40.6 Å². The number of allylic oxidation sites excluding steroid dienone is 1. The Balaban J connectivity index is 1.64. The van der Waals surface area contributed by atoms with Crippen LogP contribution in [0.5, 0.6) is 0 Å². The van der Waals surface area contributed by atoms with Gasteiger partial charge in [-0.2, -0.15) is 0 Å². The van der Waals surface area contributed by atoms with Crippen molar-refractivity contribution in [2.75, 3.05) is 20.1 Å². The molecule has 2 saturated heterocycles. The van der Waals surface area contributed by atoms with Gasteiger partial charge in [0.25, 0.3) is 0 Å². The smallest absolute Gasteiger partial charge is 0.140 e. The molecule has 3 heterocycles. The number of carbonyl (C=O) groups excluding carboxylic acids is 2. The zero-order valence-electron chi connectivity index (χ0n) is 13.9. The molecule has 23 heavy (non-hydrogen) atoms. The summed E-state index contributed by atoms with van der Waals surface area (Å²) in [4.78, 5) is 30.6. The highest BCUT2D eigenvalue weighted by Gasteiger charge is 2.55. The molecule has 6 atom stereocenters. The Morgan fingerprint density at radius 3 is 2.78 bits per heavy atom. The van der Waals surface area contributed by atoms with Crippen LogP contribution in [0.15, 0.2) is 11.6 Å². The van der Waals surface area contributed by atoms with Crippen molar-refractivity contribution >= 4 is 11.6 Å². The summed E-state index contributed by atoms with van der Waals surface area (Å²) in [6.45, 7) is 2.22. The fourth-order valence-electron chi connectivity index (χ4n) is 6.22. The van der Waals surface area contributed by atoms with E-state index in [-0.39, 0.29) is 11.8 Å². The number of piperazine rings is 1. The monoisotopic (exact) mass is 314 g/mol. The molecule has 3 fully saturated rings. The van der Waals surface area contributed by atoms with Crippen molar-refractivity contribution in [1.29, 1.82) is 0 Å². The van der Waals surface area contributed by atoms with Crippen LogP contribution in [0.2, 0.25) is 0 Å².